The van der Waals surface area contributed by atoms with E-state index in [1.165, 1.54) is 25.1 Å². The summed E-state index contributed by atoms with van der Waals surface area (Å²) < 4.78 is 13.1. The highest BCUT2D eigenvalue weighted by Gasteiger charge is 2.29. The smallest absolute Gasteiger partial charge is 0.141 e. The van der Waals surface area contributed by atoms with Crippen LogP contribution in [0.25, 0.3) is 0 Å². The third-order valence-corrected chi connectivity index (χ3v) is 3.14. The van der Waals surface area contributed by atoms with Gasteiger partial charge in [-0.2, -0.15) is 0 Å². The molecule has 0 saturated heterocycles. The first-order valence-corrected chi connectivity index (χ1v) is 5.61. The largest absolute Gasteiger partial charge is 0.394 e. The molecule has 1 heterocycles. The zero-order valence-corrected chi connectivity index (χ0v) is 9.41. The van der Waals surface area contributed by atoms with E-state index in [1.54, 1.807) is 6.20 Å². The highest BCUT2D eigenvalue weighted by molar-refractivity contribution is 5.20. The zero-order valence-electron chi connectivity index (χ0n) is 9.41. The predicted octanol–water partition coefficient (Wildman–Crippen LogP) is 1.43. The lowest BCUT2D eigenvalue weighted by molar-refractivity contribution is 0.173. The summed E-state index contributed by atoms with van der Waals surface area (Å²) >= 11 is 0. The number of pyridine rings is 1. The minimum absolute atomic E-state index is 0.0646. The third-order valence-electron chi connectivity index (χ3n) is 3.14. The van der Waals surface area contributed by atoms with Gasteiger partial charge >= 0.3 is 0 Å². The third kappa shape index (κ3) is 2.57. The molecule has 88 valence electrons. The number of aliphatic hydroxyl groups is 1. The van der Waals surface area contributed by atoms with Crippen LogP contribution in [0.5, 0.6) is 0 Å². The highest BCUT2D eigenvalue weighted by Crippen LogP contribution is 2.29. The lowest BCUT2D eigenvalue weighted by Gasteiger charge is -2.29. The lowest BCUT2D eigenvalue weighted by Crippen LogP contribution is -2.44. The van der Waals surface area contributed by atoms with Crippen molar-refractivity contribution in [1.29, 1.82) is 0 Å². The minimum atomic E-state index is -0.600. The van der Waals surface area contributed by atoms with Crippen LogP contribution < -0.4 is 5.32 Å². The van der Waals surface area contributed by atoms with E-state index in [1.807, 2.05) is 6.92 Å². The quantitative estimate of drug-likeness (QED) is 0.795. The molecule has 0 amide bonds. The number of hydrogen-bond donors (Lipinski definition) is 2. The molecule has 0 spiro atoms. The normalized spacial score (nSPS) is 19.4. The van der Waals surface area contributed by atoms with Gasteiger partial charge in [0.1, 0.15) is 5.82 Å². The van der Waals surface area contributed by atoms with Crippen molar-refractivity contribution in [2.75, 3.05) is 13.2 Å². The number of rotatable bonds is 5. The monoisotopic (exact) mass is 224 g/mol. The molecule has 1 aromatic rings. The zero-order chi connectivity index (χ0) is 11.6. The Hall–Kier alpha value is -1.00. The number of nitrogens with one attached hydrogen (secondary N) is 1. The fraction of sp³-hybridized carbons (Fsp3) is 0.583. The Kier molecular flexibility index (Phi) is 3.21. The average Bonchev–Trinajstić information content (AvgIpc) is 3.10. The van der Waals surface area contributed by atoms with Crippen LogP contribution >= 0.6 is 0 Å². The van der Waals surface area contributed by atoms with Crippen molar-refractivity contribution < 1.29 is 9.50 Å². The van der Waals surface area contributed by atoms with Gasteiger partial charge in [-0.15, -0.1) is 0 Å². The average molecular weight is 224 g/mol. The van der Waals surface area contributed by atoms with Crippen molar-refractivity contribution in [2.45, 2.75) is 25.3 Å². The topological polar surface area (TPSA) is 45.1 Å². The van der Waals surface area contributed by atoms with E-state index in [-0.39, 0.29) is 12.4 Å². The summed E-state index contributed by atoms with van der Waals surface area (Å²) in [6, 6.07) is 1.42. The summed E-state index contributed by atoms with van der Waals surface area (Å²) in [5, 5.41) is 12.7. The molecule has 3 nitrogen and oxygen atoms in total. The van der Waals surface area contributed by atoms with Crippen LogP contribution in [0.2, 0.25) is 0 Å². The Balaban J connectivity index is 2.11. The first-order valence-electron chi connectivity index (χ1n) is 5.61. The molecule has 0 aromatic carbocycles. The predicted molar refractivity (Wildman–Crippen MR) is 59.4 cm³/mol. The number of aliphatic hydroxyl groups excluding tert-OH is 1. The van der Waals surface area contributed by atoms with Crippen molar-refractivity contribution in [2.24, 2.45) is 5.92 Å². The van der Waals surface area contributed by atoms with Crippen LogP contribution in [0.15, 0.2) is 18.5 Å². The Morgan fingerprint density at radius 3 is 2.88 bits per heavy atom. The molecular weight excluding hydrogens is 207 g/mol. The molecule has 2 N–H and O–H groups in total. The summed E-state index contributed by atoms with van der Waals surface area (Å²) in [4.78, 5) is 3.81. The van der Waals surface area contributed by atoms with E-state index in [2.05, 4.69) is 10.3 Å². The standard InChI is InChI=1S/C12H17FN2O/c1-12(8-16,15-5-9-2-3-9)10-4-11(13)7-14-6-10/h4,6-7,9,15-16H,2-3,5,8H2,1H3. The van der Waals surface area contributed by atoms with Gasteiger partial charge in [-0.05, 0) is 43.9 Å². The van der Waals surface area contributed by atoms with Crippen LogP contribution in [0.1, 0.15) is 25.3 Å². The second-order valence-corrected chi connectivity index (χ2v) is 4.71. The summed E-state index contributed by atoms with van der Waals surface area (Å²) in [6.45, 7) is 2.67. The maximum Gasteiger partial charge on any atom is 0.141 e. The van der Waals surface area contributed by atoms with E-state index in [9.17, 15) is 9.50 Å². The van der Waals surface area contributed by atoms with Crippen molar-refractivity contribution in [3.8, 4) is 0 Å². The van der Waals surface area contributed by atoms with Crippen LogP contribution in [0.3, 0.4) is 0 Å². The molecule has 1 fully saturated rings. The maximum absolute atomic E-state index is 13.1. The van der Waals surface area contributed by atoms with Gasteiger partial charge in [-0.3, -0.25) is 4.98 Å². The Morgan fingerprint density at radius 2 is 2.31 bits per heavy atom. The number of halogens is 1. The molecule has 1 saturated carbocycles. The van der Waals surface area contributed by atoms with E-state index >= 15 is 0 Å². The molecule has 1 atom stereocenters. The second-order valence-electron chi connectivity index (χ2n) is 4.71. The van der Waals surface area contributed by atoms with Gasteiger partial charge in [0.05, 0.1) is 18.3 Å². The maximum atomic E-state index is 13.1. The molecule has 16 heavy (non-hydrogen) atoms. The first-order chi connectivity index (χ1) is 7.64. The van der Waals surface area contributed by atoms with Crippen LogP contribution in [-0.2, 0) is 5.54 Å². The van der Waals surface area contributed by atoms with Crippen molar-refractivity contribution in [3.63, 3.8) is 0 Å². The van der Waals surface area contributed by atoms with Crippen molar-refractivity contribution in [3.05, 3.63) is 29.8 Å². The summed E-state index contributed by atoms with van der Waals surface area (Å²) in [5.41, 5.74) is 0.0909. The molecule has 0 aliphatic heterocycles. The molecule has 2 rings (SSSR count). The SMILES string of the molecule is CC(CO)(NCC1CC1)c1cncc(F)c1. The number of hydrogen-bond acceptors (Lipinski definition) is 3. The van der Waals surface area contributed by atoms with Gasteiger partial charge in [0.15, 0.2) is 0 Å². The van der Waals surface area contributed by atoms with Crippen molar-refractivity contribution >= 4 is 0 Å². The molecule has 0 radical (unpaired) electrons. The Labute approximate surface area is 94.7 Å². The number of aromatic nitrogens is 1. The second kappa shape index (κ2) is 4.47. The van der Waals surface area contributed by atoms with E-state index in [0.717, 1.165) is 6.54 Å². The van der Waals surface area contributed by atoms with Gasteiger partial charge in [0.2, 0.25) is 0 Å². The van der Waals surface area contributed by atoms with Gasteiger partial charge in [0, 0.05) is 6.20 Å². The summed E-state index contributed by atoms with van der Waals surface area (Å²) in [6.07, 6.45) is 5.26. The van der Waals surface area contributed by atoms with Gasteiger partial charge < -0.3 is 10.4 Å². The van der Waals surface area contributed by atoms with Crippen LogP contribution in [0.4, 0.5) is 4.39 Å². The van der Waals surface area contributed by atoms with E-state index in [4.69, 9.17) is 0 Å². The Morgan fingerprint density at radius 1 is 1.56 bits per heavy atom. The molecule has 1 aliphatic rings. The highest BCUT2D eigenvalue weighted by atomic mass is 19.1. The van der Waals surface area contributed by atoms with Crippen LogP contribution in [0, 0.1) is 11.7 Å². The molecule has 1 aliphatic carbocycles. The van der Waals surface area contributed by atoms with E-state index < -0.39 is 5.54 Å². The van der Waals surface area contributed by atoms with E-state index in [0.29, 0.717) is 11.5 Å². The molecule has 1 unspecified atom stereocenters. The summed E-state index contributed by atoms with van der Waals surface area (Å²) in [7, 11) is 0. The molecular formula is C12H17FN2O. The fourth-order valence-electron chi connectivity index (χ4n) is 1.65. The minimum Gasteiger partial charge on any atom is -0.394 e. The van der Waals surface area contributed by atoms with Gasteiger partial charge in [0.25, 0.3) is 0 Å². The first kappa shape index (κ1) is 11.5. The summed E-state index contributed by atoms with van der Waals surface area (Å²) in [5.74, 6) is 0.345. The van der Waals surface area contributed by atoms with Crippen molar-refractivity contribution in [1.82, 2.24) is 10.3 Å². The Bertz CT molecular complexity index is 368. The van der Waals surface area contributed by atoms with Crippen LogP contribution in [-0.4, -0.2) is 23.2 Å². The molecule has 1 aromatic heterocycles. The number of nitrogens with zero attached hydrogens (tertiary/aromatic N) is 1. The lowest BCUT2D eigenvalue weighted by atomic mass is 9.94. The van der Waals surface area contributed by atoms with Gasteiger partial charge in [-0.1, -0.05) is 0 Å². The molecule has 4 heteroatoms. The van der Waals surface area contributed by atoms with Gasteiger partial charge in [-0.25, -0.2) is 4.39 Å². The molecule has 0 bridgehead atoms. The fourth-order valence-corrected chi connectivity index (χ4v) is 1.65.